The van der Waals surface area contributed by atoms with Gasteiger partial charge in [-0.3, -0.25) is 126 Å². The number of carbonyl (C=O) groups is 24. The fourth-order valence-corrected chi connectivity index (χ4v) is 21.1. The second kappa shape index (κ2) is 68.1. The molecule has 20 amide bonds. The van der Waals surface area contributed by atoms with Crippen LogP contribution < -0.4 is 128 Å². The predicted molar refractivity (Wildman–Crippen MR) is 553 cm³/mol. The number of unbranched alkanes of at least 4 members (excludes halogenated alkanes) is 5. The van der Waals surface area contributed by atoms with Gasteiger partial charge in [-0.05, 0) is 88.7 Å². The van der Waals surface area contributed by atoms with Gasteiger partial charge in [0, 0.05) is 99.0 Å². The minimum atomic E-state index is -1.88. The molecule has 4 aliphatic heterocycles. The monoisotopic (exact) mass is 2220 g/mol. The molecule has 4 saturated heterocycles. The zero-order valence-corrected chi connectivity index (χ0v) is 87.0. The number of hydrogen-bond donors (Lipinski definition) is 30. The van der Waals surface area contributed by atoms with Crippen LogP contribution >= 0.6 is 66.7 Å². The van der Waals surface area contributed by atoms with E-state index >= 15 is 0 Å². The Morgan fingerprint density at radius 3 is 0.980 bits per heavy atom. The normalized spacial score (nSPS) is 23.4. The van der Waals surface area contributed by atoms with Crippen LogP contribution in [0.2, 0.25) is 0 Å². The lowest BCUT2D eigenvalue weighted by Gasteiger charge is -2.27. The Morgan fingerprint density at radius 1 is 0.333 bits per heavy atom. The van der Waals surface area contributed by atoms with Crippen molar-refractivity contribution in [2.24, 2.45) is 11.5 Å². The molecule has 0 aromatic heterocycles. The SMILES string of the molecule is C[C@H](CCCCNC(=O)CCCCCNC(=O)[C@@H]1CSCC(=O)N[C@@H](CC(=O)O)C(=O)N[C@H]2CSSC[C@H](NC(=O)[C@H](CC(=O)O)NC(=O)CNC(=O)[C@H](CCCNC(=N)N)NC2=O)C(=O)N[C@@H](Cc2ccccc2)C(=O)N1)NC(=O)CCCCCNC(=O)[C@@H]1CSCC(=O)N[C@@H](CC(=O)O)C(=O)N[C@H]2CSSC[C@H](NC(=O)[C@H](CC(=O)O)NC(=O)CNC(=O)[C@H](CCCNC(=N)N)NC2=O)C(=O)N[C@@H](Cc2ccccc2)C(=O)N1. The van der Waals surface area contributed by atoms with Crippen LogP contribution in [0.3, 0.4) is 0 Å². The summed E-state index contributed by atoms with van der Waals surface area (Å²) in [6, 6.07) is -6.99. The zero-order chi connectivity index (χ0) is 110. The first-order valence-corrected chi connectivity index (χ1v) is 55.4. The molecule has 6 rings (SSSR count). The summed E-state index contributed by atoms with van der Waals surface area (Å²) >= 11 is 1.54. The average Bonchev–Trinajstić information content (AvgIpc) is 1.14. The number of nitrogens with two attached hydrogens (primary N) is 2. The van der Waals surface area contributed by atoms with Gasteiger partial charge in [-0.1, -0.05) is 117 Å². The van der Waals surface area contributed by atoms with Crippen molar-refractivity contribution in [1.29, 1.82) is 10.8 Å². The lowest BCUT2D eigenvalue weighted by molar-refractivity contribution is -0.141. The standard InChI is InChI=1S/C90H132N26O28S6/c1-48(102-66(118)26-11-5-14-29-97-78(134)60-41-146-47-70(122)106-58(37-74(129)130)84(140)114-62-43-148-150-45-64(88(144)110-54(80(136)112-60)33-50-21-8-3-9-22-50)116-82(138)56(35-72(125)126)104-68(120)39-101-76(132)52(108-86(62)142)24-17-31-99-90(93)94)18-12-15-27-95-65(117)25-10-4-13-28-96-77(133)59-40-145-46-69(121)105-57(36-73(127)128)83(139)113-61-42-147-149-44-63(87(143)109-53(79(135)111-59)32-49-19-6-2-7-20-49)115-81(137)55(34-71(123)124)103-67(119)38-100-75(131)51(107-85(61)141)23-16-30-98-89(91)92/h2-3,6-9,19-22,48,51-64H,4-5,10-18,23-47H2,1H3,(H,95,117)(H,96,133)(H,97,134)(H,100,131)(H,101,132)(H,102,118)(H,103,119)(H,104,120)(H,105,121)(H,106,122)(H,107,141)(H,108,142)(H,109,143)(H,110,144)(H,111,135)(H,112,136)(H,113,139)(H,114,140)(H,115,137)(H,116,138)(H,123,124)(H,125,126)(H,127,128)(H,129,130)(H4,91,92,98)(H4,93,94,99)/t48-,51+,52+,53+,54+,55+,56+,57+,58+,59+,60+,61+,62+,63+,64+/m1/s1. The molecule has 4 fully saturated rings. The molecule has 0 unspecified atom stereocenters. The van der Waals surface area contributed by atoms with E-state index in [1.54, 1.807) is 60.7 Å². The summed E-state index contributed by atoms with van der Waals surface area (Å²) in [5.41, 5.74) is 11.8. The summed E-state index contributed by atoms with van der Waals surface area (Å²) in [6.07, 6.45) is -0.742. The summed E-state index contributed by atoms with van der Waals surface area (Å²) in [4.78, 5) is 329. The third-order valence-corrected chi connectivity index (χ3v) is 29.4. The van der Waals surface area contributed by atoms with E-state index in [-0.39, 0.29) is 107 Å². The van der Waals surface area contributed by atoms with Gasteiger partial charge < -0.3 is 149 Å². The Kier molecular flexibility index (Phi) is 56.8. The maximum absolute atomic E-state index is 14.7. The van der Waals surface area contributed by atoms with Crippen LogP contribution in [0.15, 0.2) is 60.7 Å². The molecule has 2 aromatic rings. The quantitative estimate of drug-likeness (QED) is 0.0128. The van der Waals surface area contributed by atoms with E-state index in [2.05, 4.69) is 117 Å². The largest absolute Gasteiger partial charge is 0.481 e. The molecule has 0 saturated carbocycles. The van der Waals surface area contributed by atoms with Crippen molar-refractivity contribution in [3.8, 4) is 0 Å². The van der Waals surface area contributed by atoms with Crippen LogP contribution in [0, 0.1) is 10.8 Å². The molecule has 60 heteroatoms. The molecule has 4 aliphatic rings. The highest BCUT2D eigenvalue weighted by molar-refractivity contribution is 8.77. The van der Waals surface area contributed by atoms with Crippen molar-refractivity contribution in [2.45, 2.75) is 232 Å². The van der Waals surface area contributed by atoms with E-state index < -0.39 is 300 Å². The number of guanidine groups is 2. The van der Waals surface area contributed by atoms with Gasteiger partial charge in [0.05, 0.1) is 50.3 Å². The molecule has 4 heterocycles. The first-order chi connectivity index (χ1) is 71.5. The topological polar surface area (TPSA) is 855 Å². The number of benzene rings is 2. The minimum Gasteiger partial charge on any atom is -0.481 e. The second-order valence-electron chi connectivity index (χ2n) is 35.0. The first-order valence-electron chi connectivity index (χ1n) is 48.1. The van der Waals surface area contributed by atoms with Crippen LogP contribution in [0.1, 0.15) is 140 Å². The second-order valence-corrected chi connectivity index (χ2v) is 42.1. The Bertz CT molecular complexity index is 5050. The third kappa shape index (κ3) is 50.1. The molecule has 0 spiro atoms. The number of hydrogen-bond acceptors (Lipinski definition) is 32. The summed E-state index contributed by atoms with van der Waals surface area (Å²) in [7, 11) is 3.28. The Labute approximate surface area is 886 Å². The molecule has 32 N–H and O–H groups in total. The molecule has 0 aliphatic carbocycles. The highest BCUT2D eigenvalue weighted by Gasteiger charge is 2.41. The Hall–Kier alpha value is -13.6. The molecule has 0 radical (unpaired) electrons. The van der Waals surface area contributed by atoms with E-state index in [9.17, 15) is 135 Å². The highest BCUT2D eigenvalue weighted by Crippen LogP contribution is 2.27. The molecule has 826 valence electrons. The maximum Gasteiger partial charge on any atom is 0.305 e. The number of rotatable bonds is 40. The molecule has 150 heavy (non-hydrogen) atoms. The Balaban J connectivity index is 1.04. The summed E-state index contributed by atoms with van der Waals surface area (Å²) in [5.74, 6) is -29.6. The van der Waals surface area contributed by atoms with Crippen molar-refractivity contribution in [1.82, 2.24) is 117 Å². The van der Waals surface area contributed by atoms with Crippen LogP contribution in [-0.4, -0.2) is 357 Å². The summed E-state index contributed by atoms with van der Waals surface area (Å²) < 4.78 is 0. The van der Waals surface area contributed by atoms with Crippen molar-refractivity contribution in [3.05, 3.63) is 71.8 Å². The van der Waals surface area contributed by atoms with Gasteiger partial charge in [0.15, 0.2) is 11.9 Å². The van der Waals surface area contributed by atoms with Gasteiger partial charge in [0.1, 0.15) is 84.6 Å². The third-order valence-electron chi connectivity index (χ3n) is 22.5. The lowest BCUT2D eigenvalue weighted by Crippen LogP contribution is -2.60. The van der Waals surface area contributed by atoms with Gasteiger partial charge in [-0.25, -0.2) is 0 Å². The molecular formula is C90H132N26O28S6. The molecule has 54 nitrogen and oxygen atoms in total. The number of carboxylic acid groups (broad SMARTS) is 4. The van der Waals surface area contributed by atoms with E-state index in [0.29, 0.717) is 75.5 Å². The van der Waals surface area contributed by atoms with Gasteiger partial charge >= 0.3 is 23.9 Å². The number of carboxylic acids is 4. The first kappa shape index (κ1) is 125. The van der Waals surface area contributed by atoms with E-state index in [4.69, 9.17) is 22.3 Å². The zero-order valence-electron chi connectivity index (χ0n) is 82.1. The number of aliphatic carboxylic acids is 4. The summed E-state index contributed by atoms with van der Waals surface area (Å²) in [5, 5.41) is 110. The average molecular weight is 2220 g/mol. The van der Waals surface area contributed by atoms with Crippen LogP contribution in [0.25, 0.3) is 0 Å². The number of fused-ring (bicyclic) bond motifs is 10. The van der Waals surface area contributed by atoms with Gasteiger partial charge in [-0.15, -0.1) is 23.5 Å². The molecule has 2 aromatic carbocycles. The van der Waals surface area contributed by atoms with Crippen molar-refractivity contribution < 1.29 is 135 Å². The fourth-order valence-electron chi connectivity index (χ4n) is 14.8. The van der Waals surface area contributed by atoms with Crippen molar-refractivity contribution >= 4 is 221 Å². The van der Waals surface area contributed by atoms with Gasteiger partial charge in [0.25, 0.3) is 0 Å². The van der Waals surface area contributed by atoms with E-state index in [1.165, 1.54) is 0 Å². The van der Waals surface area contributed by atoms with E-state index in [1.807, 2.05) is 6.92 Å². The highest BCUT2D eigenvalue weighted by atomic mass is 33.1. The van der Waals surface area contributed by atoms with Crippen LogP contribution in [0.4, 0.5) is 0 Å². The summed E-state index contributed by atoms with van der Waals surface area (Å²) in [6.45, 7) is 0.355. The van der Waals surface area contributed by atoms with Gasteiger partial charge in [-0.2, -0.15) is 0 Å². The van der Waals surface area contributed by atoms with Gasteiger partial charge in [0.2, 0.25) is 118 Å². The fraction of sp³-hybridized carbons (Fsp3) is 0.578. The number of carbonyl (C=O) groups excluding carboxylic acids is 20. The van der Waals surface area contributed by atoms with Crippen LogP contribution in [-0.2, 0) is 128 Å². The number of thioether (sulfide) groups is 2. The van der Waals surface area contributed by atoms with E-state index in [0.717, 1.165) is 66.7 Å². The number of amides is 20. The maximum atomic E-state index is 14.7. The number of nitrogens with one attached hydrogen (secondary N) is 24. The minimum absolute atomic E-state index is 0.00192. The molecular weight excluding hydrogens is 2090 g/mol. The molecule has 4 bridgehead atoms. The van der Waals surface area contributed by atoms with Crippen LogP contribution in [0.5, 0.6) is 0 Å². The smallest absolute Gasteiger partial charge is 0.305 e. The molecule has 15 atom stereocenters. The Morgan fingerprint density at radius 2 is 0.640 bits per heavy atom. The lowest BCUT2D eigenvalue weighted by atomic mass is 10.0. The van der Waals surface area contributed by atoms with Crippen molar-refractivity contribution in [2.75, 3.05) is 91.8 Å². The predicted octanol–water partition coefficient (Wildman–Crippen LogP) is -7.66. The van der Waals surface area contributed by atoms with Crippen molar-refractivity contribution in [3.63, 3.8) is 0 Å².